The number of nitrogens with zero attached hydrogens (tertiary/aromatic N) is 2. The van der Waals surface area contributed by atoms with Crippen LogP contribution in [0.4, 0.5) is 5.82 Å². The van der Waals surface area contributed by atoms with Crippen molar-refractivity contribution >= 4 is 16.9 Å². The number of benzene rings is 2. The predicted molar refractivity (Wildman–Crippen MR) is 102 cm³/mol. The molecule has 0 saturated carbocycles. The SMILES string of the molecule is COCCOc1ccc(C(C)Nc2cnc3ccccc3n2)cc1OC. The highest BCUT2D eigenvalue weighted by Gasteiger charge is 2.12. The Morgan fingerprint density at radius 3 is 2.58 bits per heavy atom. The summed E-state index contributed by atoms with van der Waals surface area (Å²) in [7, 11) is 3.28. The Hall–Kier alpha value is -2.86. The Labute approximate surface area is 153 Å². The standard InChI is InChI=1S/C20H23N3O3/c1-14(22-20-13-21-16-6-4-5-7-17(16)23-20)15-8-9-18(19(12-15)25-3)26-11-10-24-2/h4-9,12-14H,10-11H2,1-3H3,(H,22,23). The van der Waals surface area contributed by atoms with Gasteiger partial charge >= 0.3 is 0 Å². The molecule has 1 unspecified atom stereocenters. The zero-order chi connectivity index (χ0) is 18.4. The molecule has 0 aliphatic carbocycles. The second-order valence-electron chi connectivity index (χ2n) is 5.86. The molecule has 6 heteroatoms. The fourth-order valence-corrected chi connectivity index (χ4v) is 2.64. The molecule has 26 heavy (non-hydrogen) atoms. The minimum absolute atomic E-state index is 0.0346. The Bertz CT molecular complexity index is 870. The first kappa shape index (κ1) is 17.9. The number of hydrogen-bond donors (Lipinski definition) is 1. The minimum Gasteiger partial charge on any atom is -0.493 e. The van der Waals surface area contributed by atoms with Gasteiger partial charge in [0, 0.05) is 7.11 Å². The molecular weight excluding hydrogens is 330 g/mol. The van der Waals surface area contributed by atoms with Gasteiger partial charge in [-0.3, -0.25) is 4.98 Å². The van der Waals surface area contributed by atoms with Crippen LogP contribution in [-0.4, -0.2) is 37.4 Å². The molecule has 1 N–H and O–H groups in total. The third-order valence-corrected chi connectivity index (χ3v) is 4.05. The van der Waals surface area contributed by atoms with Crippen molar-refractivity contribution in [3.05, 3.63) is 54.2 Å². The second-order valence-corrected chi connectivity index (χ2v) is 5.86. The van der Waals surface area contributed by atoms with Crippen LogP contribution in [0.5, 0.6) is 11.5 Å². The van der Waals surface area contributed by atoms with E-state index in [4.69, 9.17) is 14.2 Å². The van der Waals surface area contributed by atoms with E-state index in [-0.39, 0.29) is 6.04 Å². The van der Waals surface area contributed by atoms with Crippen molar-refractivity contribution in [2.75, 3.05) is 32.8 Å². The molecule has 0 radical (unpaired) electrons. The smallest absolute Gasteiger partial charge is 0.161 e. The molecule has 1 aromatic heterocycles. The van der Waals surface area contributed by atoms with Gasteiger partial charge in [-0.05, 0) is 36.8 Å². The van der Waals surface area contributed by atoms with Crippen LogP contribution >= 0.6 is 0 Å². The zero-order valence-corrected chi connectivity index (χ0v) is 15.2. The van der Waals surface area contributed by atoms with Gasteiger partial charge in [0.2, 0.25) is 0 Å². The largest absolute Gasteiger partial charge is 0.493 e. The number of para-hydroxylation sites is 2. The van der Waals surface area contributed by atoms with Crippen molar-refractivity contribution in [1.29, 1.82) is 0 Å². The molecule has 1 atom stereocenters. The summed E-state index contributed by atoms with van der Waals surface area (Å²) in [6, 6.07) is 13.7. The third-order valence-electron chi connectivity index (χ3n) is 4.05. The van der Waals surface area contributed by atoms with Gasteiger partial charge in [-0.1, -0.05) is 18.2 Å². The first-order valence-corrected chi connectivity index (χ1v) is 8.49. The lowest BCUT2D eigenvalue weighted by atomic mass is 10.1. The molecule has 6 nitrogen and oxygen atoms in total. The van der Waals surface area contributed by atoms with E-state index in [1.54, 1.807) is 20.4 Å². The highest BCUT2D eigenvalue weighted by Crippen LogP contribution is 2.31. The highest BCUT2D eigenvalue weighted by atomic mass is 16.5. The Morgan fingerprint density at radius 1 is 1.00 bits per heavy atom. The molecule has 0 bridgehead atoms. The quantitative estimate of drug-likeness (QED) is 0.621. The maximum absolute atomic E-state index is 5.68. The van der Waals surface area contributed by atoms with Crippen molar-refractivity contribution in [2.24, 2.45) is 0 Å². The third kappa shape index (κ3) is 4.21. The molecular formula is C20H23N3O3. The van der Waals surface area contributed by atoms with Gasteiger partial charge in [0.05, 0.1) is 37.0 Å². The van der Waals surface area contributed by atoms with Gasteiger partial charge in [-0.25, -0.2) is 4.98 Å². The fourth-order valence-electron chi connectivity index (χ4n) is 2.64. The van der Waals surface area contributed by atoms with Crippen molar-refractivity contribution in [1.82, 2.24) is 9.97 Å². The molecule has 0 saturated heterocycles. The van der Waals surface area contributed by atoms with Gasteiger partial charge in [-0.15, -0.1) is 0 Å². The lowest BCUT2D eigenvalue weighted by Crippen LogP contribution is -2.09. The molecule has 1 heterocycles. The molecule has 3 rings (SSSR count). The number of anilines is 1. The highest BCUT2D eigenvalue weighted by molar-refractivity contribution is 5.75. The van der Waals surface area contributed by atoms with E-state index in [0.717, 1.165) is 22.4 Å². The summed E-state index contributed by atoms with van der Waals surface area (Å²) in [5.41, 5.74) is 2.81. The summed E-state index contributed by atoms with van der Waals surface area (Å²) < 4.78 is 16.1. The van der Waals surface area contributed by atoms with Gasteiger partial charge in [0.25, 0.3) is 0 Å². The number of rotatable bonds is 8. The predicted octanol–water partition coefficient (Wildman–Crippen LogP) is 3.84. The van der Waals surface area contributed by atoms with Gasteiger partial charge in [0.1, 0.15) is 12.4 Å². The van der Waals surface area contributed by atoms with Crippen molar-refractivity contribution in [3.8, 4) is 11.5 Å². The minimum atomic E-state index is 0.0346. The maximum Gasteiger partial charge on any atom is 0.161 e. The lowest BCUT2D eigenvalue weighted by molar-refractivity contribution is 0.144. The van der Waals surface area contributed by atoms with Gasteiger partial charge in [0.15, 0.2) is 11.5 Å². The summed E-state index contributed by atoms with van der Waals surface area (Å²) >= 11 is 0. The van der Waals surface area contributed by atoms with Crippen molar-refractivity contribution < 1.29 is 14.2 Å². The molecule has 0 fully saturated rings. The number of ether oxygens (including phenoxy) is 3. The molecule has 2 aromatic carbocycles. The van der Waals surface area contributed by atoms with Crippen molar-refractivity contribution in [3.63, 3.8) is 0 Å². The first-order valence-electron chi connectivity index (χ1n) is 8.49. The fraction of sp³-hybridized carbons (Fsp3) is 0.300. The first-order chi connectivity index (χ1) is 12.7. The molecule has 136 valence electrons. The lowest BCUT2D eigenvalue weighted by Gasteiger charge is -2.17. The summed E-state index contributed by atoms with van der Waals surface area (Å²) in [4.78, 5) is 9.04. The van der Waals surface area contributed by atoms with Gasteiger partial charge in [-0.2, -0.15) is 0 Å². The van der Waals surface area contributed by atoms with Crippen LogP contribution in [-0.2, 0) is 4.74 Å². The monoisotopic (exact) mass is 353 g/mol. The van der Waals surface area contributed by atoms with Crippen LogP contribution in [0, 0.1) is 0 Å². The normalized spacial score (nSPS) is 12.0. The number of hydrogen-bond acceptors (Lipinski definition) is 6. The van der Waals surface area contributed by atoms with E-state index in [1.165, 1.54) is 0 Å². The molecule has 0 aliphatic rings. The summed E-state index contributed by atoms with van der Waals surface area (Å²) in [6.07, 6.45) is 1.75. The van der Waals surface area contributed by atoms with Gasteiger partial charge < -0.3 is 19.5 Å². The summed E-state index contributed by atoms with van der Waals surface area (Å²) in [6.45, 7) is 3.08. The molecule has 0 spiro atoms. The van der Waals surface area contributed by atoms with Crippen LogP contribution in [0.1, 0.15) is 18.5 Å². The number of methoxy groups -OCH3 is 2. The second kappa shape index (κ2) is 8.49. The number of nitrogens with one attached hydrogen (secondary N) is 1. The van der Waals surface area contributed by atoms with E-state index in [1.807, 2.05) is 42.5 Å². The molecule has 3 aromatic rings. The van der Waals surface area contributed by atoms with Crippen LogP contribution in [0.15, 0.2) is 48.7 Å². The zero-order valence-electron chi connectivity index (χ0n) is 15.2. The number of aromatic nitrogens is 2. The van der Waals surface area contributed by atoms with E-state index in [0.29, 0.717) is 24.7 Å². The molecule has 0 aliphatic heterocycles. The van der Waals surface area contributed by atoms with Crippen LogP contribution in [0.3, 0.4) is 0 Å². The van der Waals surface area contributed by atoms with E-state index in [9.17, 15) is 0 Å². The maximum atomic E-state index is 5.68. The van der Waals surface area contributed by atoms with E-state index >= 15 is 0 Å². The Balaban J connectivity index is 1.74. The summed E-state index contributed by atoms with van der Waals surface area (Å²) in [5, 5.41) is 3.38. The van der Waals surface area contributed by atoms with Crippen LogP contribution in [0.25, 0.3) is 11.0 Å². The van der Waals surface area contributed by atoms with Crippen LogP contribution in [0.2, 0.25) is 0 Å². The average molecular weight is 353 g/mol. The Kier molecular flexibility index (Phi) is 5.86. The topological polar surface area (TPSA) is 65.5 Å². The van der Waals surface area contributed by atoms with E-state index < -0.39 is 0 Å². The average Bonchev–Trinajstić information content (AvgIpc) is 2.68. The Morgan fingerprint density at radius 2 is 1.81 bits per heavy atom. The van der Waals surface area contributed by atoms with E-state index in [2.05, 4.69) is 22.2 Å². The number of fused-ring (bicyclic) bond motifs is 1. The van der Waals surface area contributed by atoms with Crippen LogP contribution < -0.4 is 14.8 Å². The molecule has 0 amide bonds. The summed E-state index contributed by atoms with van der Waals surface area (Å²) in [5.74, 6) is 2.12. The van der Waals surface area contributed by atoms with Crippen molar-refractivity contribution in [2.45, 2.75) is 13.0 Å².